The van der Waals surface area contributed by atoms with E-state index in [9.17, 15) is 14.4 Å². The smallest absolute Gasteiger partial charge is 0.320 e. The maximum absolute atomic E-state index is 10.6. The van der Waals surface area contributed by atoms with Crippen LogP contribution in [0.25, 0.3) is 20.9 Å². The van der Waals surface area contributed by atoms with Gasteiger partial charge >= 0.3 is 11.9 Å². The first-order valence-corrected chi connectivity index (χ1v) is 11.2. The second-order valence-corrected chi connectivity index (χ2v) is 6.28. The third kappa shape index (κ3) is 51.4. The van der Waals surface area contributed by atoms with Crippen LogP contribution in [0.3, 0.4) is 0 Å². The third-order valence-corrected chi connectivity index (χ3v) is 3.30. The van der Waals surface area contributed by atoms with Crippen molar-refractivity contribution in [2.45, 2.75) is 19.3 Å². The zero-order valence-corrected chi connectivity index (χ0v) is 20.8. The molecule has 0 aliphatic rings. The van der Waals surface area contributed by atoms with Gasteiger partial charge in [0.1, 0.15) is 12.4 Å². The van der Waals surface area contributed by atoms with Crippen LogP contribution in [0, 0.1) is 0 Å². The first-order chi connectivity index (χ1) is 15.3. The van der Waals surface area contributed by atoms with Crippen LogP contribution in [0.4, 0.5) is 0 Å². The summed E-state index contributed by atoms with van der Waals surface area (Å²) in [6, 6.07) is 0. The van der Waals surface area contributed by atoms with Crippen molar-refractivity contribution in [2.24, 2.45) is 10.2 Å². The molecule has 17 heteroatoms. The molecule has 32 heavy (non-hydrogen) atoms. The van der Waals surface area contributed by atoms with Crippen LogP contribution in [0.15, 0.2) is 10.2 Å². The molecule has 0 fully saturated rings. The van der Waals surface area contributed by atoms with E-state index in [1.54, 1.807) is 0 Å². The highest BCUT2D eigenvalue weighted by Crippen LogP contribution is 1.88. The van der Waals surface area contributed by atoms with E-state index in [0.29, 0.717) is 37.6 Å². The number of hydrogen-bond donors (Lipinski definition) is 1. The quantitative estimate of drug-likeness (QED) is 0.0652. The number of nitrogens with zero attached hydrogens (tertiary/aromatic N) is 6. The van der Waals surface area contributed by atoms with Crippen molar-refractivity contribution < 1.29 is 29.0 Å². The van der Waals surface area contributed by atoms with Crippen molar-refractivity contribution in [3.63, 3.8) is 0 Å². The number of alkyl halides is 4. The van der Waals surface area contributed by atoms with Gasteiger partial charge in [0.15, 0.2) is 0 Å². The molecule has 186 valence electrons. The van der Waals surface area contributed by atoms with E-state index in [1.807, 2.05) is 0 Å². The zero-order chi connectivity index (χ0) is 25.5. The summed E-state index contributed by atoms with van der Waals surface area (Å²) in [5.41, 5.74) is 15.7. The van der Waals surface area contributed by atoms with Gasteiger partial charge in [-0.1, -0.05) is 10.2 Å². The van der Waals surface area contributed by atoms with Gasteiger partial charge < -0.3 is 14.6 Å². The third-order valence-electron chi connectivity index (χ3n) is 2.04. The highest BCUT2D eigenvalue weighted by molar-refractivity contribution is 6.67. The lowest BCUT2D eigenvalue weighted by Gasteiger charge is -1.99. The van der Waals surface area contributed by atoms with Gasteiger partial charge in [-0.15, -0.1) is 46.4 Å². The fourth-order valence-corrected chi connectivity index (χ4v) is 1.15. The summed E-state index contributed by atoms with van der Waals surface area (Å²) in [7, 11) is 0. The van der Waals surface area contributed by atoms with Gasteiger partial charge in [0.25, 0.3) is 0 Å². The van der Waals surface area contributed by atoms with Crippen molar-refractivity contribution in [3.05, 3.63) is 20.9 Å². The fourth-order valence-electron chi connectivity index (χ4n) is 0.840. The molecule has 0 aromatic carbocycles. The topological polar surface area (TPSA) is 187 Å². The molecule has 12 nitrogen and oxygen atoms in total. The number of azide groups is 2. The summed E-state index contributed by atoms with van der Waals surface area (Å²) < 4.78 is 9.18. The Morgan fingerprint density at radius 2 is 1.31 bits per heavy atom. The maximum atomic E-state index is 10.6. The summed E-state index contributed by atoms with van der Waals surface area (Å²) in [4.78, 5) is 35.3. The zero-order valence-electron chi connectivity index (χ0n) is 17.0. The minimum absolute atomic E-state index is 0.0811. The molecule has 0 aromatic heterocycles. The van der Waals surface area contributed by atoms with E-state index in [2.05, 4.69) is 29.5 Å². The number of rotatable bonds is 13. The van der Waals surface area contributed by atoms with Crippen LogP contribution in [0.5, 0.6) is 0 Å². The Morgan fingerprint density at radius 1 is 0.812 bits per heavy atom. The summed E-state index contributed by atoms with van der Waals surface area (Å²) >= 11 is 25.1. The average Bonchev–Trinajstić information content (AvgIpc) is 2.79. The Kier molecular flexibility index (Phi) is 43.8. The van der Waals surface area contributed by atoms with E-state index in [-0.39, 0.29) is 44.0 Å². The van der Waals surface area contributed by atoms with Gasteiger partial charge in [-0.3, -0.25) is 14.4 Å². The molecule has 0 aromatic rings. The van der Waals surface area contributed by atoms with Crippen LogP contribution >= 0.6 is 58.0 Å². The number of hydrogen-bond acceptors (Lipinski definition) is 8. The van der Waals surface area contributed by atoms with E-state index in [1.165, 1.54) is 0 Å². The Labute approximate surface area is 210 Å². The Balaban J connectivity index is -0.000000179. The molecule has 0 saturated carbocycles. The van der Waals surface area contributed by atoms with Crippen molar-refractivity contribution in [1.29, 1.82) is 0 Å². The lowest BCUT2D eigenvalue weighted by Crippen LogP contribution is -2.09. The molecule has 1 N–H and O–H groups in total. The number of aliphatic hydroxyl groups is 1. The molecule has 0 aliphatic carbocycles. The number of carbonyl (C=O) groups is 3. The molecular weight excluding hydrogens is 537 g/mol. The van der Waals surface area contributed by atoms with E-state index < -0.39 is 11.2 Å². The molecule has 0 spiro atoms. The average molecular weight is 563 g/mol. The van der Waals surface area contributed by atoms with Crippen LogP contribution in [-0.2, 0) is 23.9 Å². The number of halogens is 5. The predicted molar refractivity (Wildman–Crippen MR) is 125 cm³/mol. The SMILES string of the molecule is O=C(CCl)OCCCCl.O=C(Cl)CCl.OCCCCl.[N-]=[N+]=NCCCOC(=O)CN=[N+]=[N-]. The molecular formula is C15H25Cl5N6O6. The van der Waals surface area contributed by atoms with Crippen molar-refractivity contribution in [1.82, 2.24) is 0 Å². The number of esters is 2. The standard InChI is InChI=1S/C5H8Cl2O2.C5H8N6O2.C3H7ClO.C2H2Cl2O/c6-2-1-3-9-5(8)4-7;6-10-8-2-1-3-13-5(12)4-9-11-7;4-2-1-3-5;3-1-2(4)5/h1-4H2;1-4H2;5H,1-3H2;1H2. The lowest BCUT2D eigenvalue weighted by molar-refractivity contribution is -0.142. The summed E-state index contributed by atoms with van der Waals surface area (Å²) in [6.45, 7) is 0.723. The summed E-state index contributed by atoms with van der Waals surface area (Å²) in [5, 5.41) is 13.7. The largest absolute Gasteiger partial charge is 0.466 e. The maximum Gasteiger partial charge on any atom is 0.320 e. The second kappa shape index (κ2) is 37.0. The van der Waals surface area contributed by atoms with Crippen LogP contribution < -0.4 is 0 Å². The molecule has 0 radical (unpaired) electrons. The molecule has 0 atom stereocenters. The molecule has 0 amide bonds. The molecule has 0 bridgehead atoms. The Morgan fingerprint density at radius 3 is 1.69 bits per heavy atom. The number of aliphatic hydroxyl groups excluding tert-OH is 1. The van der Waals surface area contributed by atoms with Gasteiger partial charge in [-0.25, -0.2) is 0 Å². The first kappa shape index (κ1) is 37.9. The van der Waals surface area contributed by atoms with Gasteiger partial charge in [0.2, 0.25) is 5.24 Å². The van der Waals surface area contributed by atoms with Gasteiger partial charge in [-0.2, -0.15) is 0 Å². The molecule has 0 heterocycles. The van der Waals surface area contributed by atoms with E-state index in [4.69, 9.17) is 74.2 Å². The fraction of sp³-hybridized carbons (Fsp3) is 0.800. The highest BCUT2D eigenvalue weighted by Gasteiger charge is 1.98. The summed E-state index contributed by atoms with van der Waals surface area (Å²) in [5.74, 6) is -0.0730. The first-order valence-electron chi connectivity index (χ1n) is 8.67. The minimum Gasteiger partial charge on any atom is -0.466 e. The molecule has 0 unspecified atom stereocenters. The molecule has 0 rings (SSSR count). The monoisotopic (exact) mass is 560 g/mol. The van der Waals surface area contributed by atoms with Crippen molar-refractivity contribution >= 4 is 75.2 Å². The van der Waals surface area contributed by atoms with Crippen LogP contribution in [-0.4, -0.2) is 78.7 Å². The van der Waals surface area contributed by atoms with Crippen LogP contribution in [0.2, 0.25) is 0 Å². The lowest BCUT2D eigenvalue weighted by atomic mass is 10.5. The number of ether oxygens (including phenoxy) is 2. The minimum atomic E-state index is -0.585. The van der Waals surface area contributed by atoms with E-state index >= 15 is 0 Å². The van der Waals surface area contributed by atoms with Gasteiger partial charge in [0, 0.05) is 34.7 Å². The van der Waals surface area contributed by atoms with Gasteiger partial charge in [-0.05, 0) is 41.9 Å². The summed E-state index contributed by atoms with van der Waals surface area (Å²) in [6.07, 6.45) is 1.86. The number of carbonyl (C=O) groups excluding carboxylic acids is 3. The Bertz CT molecular complexity index is 561. The van der Waals surface area contributed by atoms with Gasteiger partial charge in [0.05, 0.1) is 19.1 Å². The highest BCUT2D eigenvalue weighted by atomic mass is 35.5. The van der Waals surface area contributed by atoms with Crippen molar-refractivity contribution in [3.8, 4) is 0 Å². The molecule has 0 aliphatic heterocycles. The van der Waals surface area contributed by atoms with Crippen LogP contribution in [0.1, 0.15) is 19.3 Å². The Hall–Kier alpha value is -1.36. The molecule has 0 saturated heterocycles. The second-order valence-electron chi connectivity index (χ2n) is 4.57. The van der Waals surface area contributed by atoms with Crippen molar-refractivity contribution in [2.75, 3.05) is 56.4 Å². The predicted octanol–water partition coefficient (Wildman–Crippen LogP) is 4.54. The van der Waals surface area contributed by atoms with E-state index in [0.717, 1.165) is 0 Å². The normalized spacial score (nSPS) is 8.31.